The Bertz CT molecular complexity index is 772. The van der Waals surface area contributed by atoms with E-state index >= 15 is 0 Å². The molecule has 0 saturated carbocycles. The molecule has 0 amide bonds. The van der Waals surface area contributed by atoms with Crippen molar-refractivity contribution in [1.29, 1.82) is 0 Å². The summed E-state index contributed by atoms with van der Waals surface area (Å²) in [5.74, 6) is 1.59. The molecular weight excluding hydrogens is 358 g/mol. The first kappa shape index (κ1) is 20.6. The Hall–Kier alpha value is -2.74. The summed E-state index contributed by atoms with van der Waals surface area (Å²) in [5.41, 5.74) is 1.65. The summed E-state index contributed by atoms with van der Waals surface area (Å²) in [4.78, 5) is 22.3. The molecule has 2 rings (SSSR count). The smallest absolute Gasteiger partial charge is 0.222 e. The highest BCUT2D eigenvalue weighted by molar-refractivity contribution is 7.98. The molecule has 0 aromatic carbocycles. The van der Waals surface area contributed by atoms with Crippen molar-refractivity contribution >= 4 is 30.1 Å². The van der Waals surface area contributed by atoms with E-state index in [4.69, 9.17) is 0 Å². The third-order valence-corrected chi connectivity index (χ3v) is 4.37. The van der Waals surface area contributed by atoms with Gasteiger partial charge in [-0.25, -0.2) is 15.0 Å². The average molecular weight is 384 g/mol. The van der Waals surface area contributed by atoms with E-state index in [1.54, 1.807) is 24.2 Å². The summed E-state index contributed by atoms with van der Waals surface area (Å²) in [6.45, 7) is 9.10. The van der Waals surface area contributed by atoms with Crippen molar-refractivity contribution in [2.24, 2.45) is 15.9 Å². The first-order valence-corrected chi connectivity index (χ1v) is 9.81. The van der Waals surface area contributed by atoms with Crippen LogP contribution in [0.3, 0.4) is 0 Å². The number of thioether (sulfide) groups is 1. The fourth-order valence-corrected chi connectivity index (χ4v) is 2.39. The van der Waals surface area contributed by atoms with Gasteiger partial charge in [-0.3, -0.25) is 9.98 Å². The number of anilines is 1. The number of pyridine rings is 1. The highest BCUT2D eigenvalue weighted by atomic mass is 32.2. The van der Waals surface area contributed by atoms with Crippen LogP contribution in [0.5, 0.6) is 0 Å². The highest BCUT2D eigenvalue weighted by Gasteiger charge is 2.04. The molecule has 2 aromatic rings. The maximum absolute atomic E-state index is 4.41. The molecule has 2 aromatic heterocycles. The van der Waals surface area contributed by atoms with Crippen LogP contribution in [0.25, 0.3) is 0 Å². The number of nitrogens with zero attached hydrogens (tertiary/aromatic N) is 5. The lowest BCUT2D eigenvalue weighted by Crippen LogP contribution is -2.25. The van der Waals surface area contributed by atoms with E-state index in [9.17, 15) is 0 Å². The SMILES string of the molecule is C=N/C(=C\N=C(/C)c1ccccn1)NCC(C)CNc1ncc(SC)cn1. The van der Waals surface area contributed by atoms with E-state index in [0.717, 1.165) is 29.4 Å². The number of rotatable bonds is 10. The minimum atomic E-state index is 0.333. The maximum atomic E-state index is 4.41. The Balaban J connectivity index is 1.82. The minimum Gasteiger partial charge on any atom is -0.368 e. The number of aromatic nitrogens is 3. The summed E-state index contributed by atoms with van der Waals surface area (Å²) < 4.78 is 0. The Kier molecular flexibility index (Phi) is 8.44. The molecule has 7 nitrogen and oxygen atoms in total. The number of hydrogen-bond donors (Lipinski definition) is 2. The van der Waals surface area contributed by atoms with Crippen LogP contribution in [0.2, 0.25) is 0 Å². The lowest BCUT2D eigenvalue weighted by Gasteiger charge is -2.14. The molecule has 27 heavy (non-hydrogen) atoms. The Morgan fingerprint density at radius 3 is 2.67 bits per heavy atom. The molecular formula is C19H25N7S. The van der Waals surface area contributed by atoms with E-state index in [2.05, 4.69) is 49.2 Å². The maximum Gasteiger partial charge on any atom is 0.222 e. The lowest BCUT2D eigenvalue weighted by atomic mass is 10.2. The van der Waals surface area contributed by atoms with E-state index in [1.807, 2.05) is 43.8 Å². The molecule has 1 atom stereocenters. The van der Waals surface area contributed by atoms with Gasteiger partial charge in [0.2, 0.25) is 5.95 Å². The Morgan fingerprint density at radius 2 is 2.04 bits per heavy atom. The molecule has 2 N–H and O–H groups in total. The third kappa shape index (κ3) is 7.18. The number of aliphatic imine (C=N–C) groups is 2. The molecule has 0 fully saturated rings. The predicted molar refractivity (Wildman–Crippen MR) is 114 cm³/mol. The van der Waals surface area contributed by atoms with Crippen molar-refractivity contribution < 1.29 is 0 Å². The zero-order valence-electron chi connectivity index (χ0n) is 15.9. The van der Waals surface area contributed by atoms with E-state index in [-0.39, 0.29) is 0 Å². The fraction of sp³-hybridized carbons (Fsp3) is 0.316. The largest absolute Gasteiger partial charge is 0.368 e. The fourth-order valence-electron chi connectivity index (χ4n) is 2.07. The lowest BCUT2D eigenvalue weighted by molar-refractivity contribution is 0.567. The van der Waals surface area contributed by atoms with Gasteiger partial charge in [-0.05, 0) is 37.9 Å². The van der Waals surface area contributed by atoms with E-state index < -0.39 is 0 Å². The second kappa shape index (κ2) is 11.1. The average Bonchev–Trinajstić information content (AvgIpc) is 2.73. The highest BCUT2D eigenvalue weighted by Crippen LogP contribution is 2.12. The van der Waals surface area contributed by atoms with Gasteiger partial charge in [0.15, 0.2) is 0 Å². The molecule has 142 valence electrons. The molecule has 0 spiro atoms. The summed E-state index contributed by atoms with van der Waals surface area (Å²) in [7, 11) is 0. The van der Waals surface area contributed by atoms with Gasteiger partial charge in [-0.2, -0.15) is 0 Å². The van der Waals surface area contributed by atoms with Crippen molar-refractivity contribution in [3.8, 4) is 0 Å². The normalized spacial score (nSPS) is 13.1. The quantitative estimate of drug-likeness (QED) is 0.484. The first-order valence-electron chi connectivity index (χ1n) is 8.59. The zero-order chi connectivity index (χ0) is 19.5. The zero-order valence-corrected chi connectivity index (χ0v) is 16.7. The molecule has 1 unspecified atom stereocenters. The van der Waals surface area contributed by atoms with Crippen LogP contribution < -0.4 is 10.6 Å². The van der Waals surface area contributed by atoms with Gasteiger partial charge in [0.05, 0.1) is 17.6 Å². The van der Waals surface area contributed by atoms with Crippen LogP contribution in [-0.4, -0.2) is 46.7 Å². The summed E-state index contributed by atoms with van der Waals surface area (Å²) in [6.07, 6.45) is 9.04. The first-order chi connectivity index (χ1) is 13.1. The van der Waals surface area contributed by atoms with Crippen LogP contribution in [0, 0.1) is 5.92 Å². The third-order valence-electron chi connectivity index (χ3n) is 3.69. The van der Waals surface area contributed by atoms with E-state index in [0.29, 0.717) is 17.7 Å². The molecule has 0 bridgehead atoms. The van der Waals surface area contributed by atoms with Gasteiger partial charge in [0.25, 0.3) is 0 Å². The predicted octanol–water partition coefficient (Wildman–Crippen LogP) is 3.24. The van der Waals surface area contributed by atoms with Gasteiger partial charge >= 0.3 is 0 Å². The van der Waals surface area contributed by atoms with Gasteiger partial charge in [0, 0.05) is 36.6 Å². The topological polar surface area (TPSA) is 87.5 Å². The van der Waals surface area contributed by atoms with Crippen LogP contribution in [0.15, 0.2) is 63.7 Å². The van der Waals surface area contributed by atoms with Crippen molar-refractivity contribution in [1.82, 2.24) is 20.3 Å². The monoisotopic (exact) mass is 383 g/mol. The molecule has 2 heterocycles. The van der Waals surface area contributed by atoms with Crippen molar-refractivity contribution in [2.45, 2.75) is 18.7 Å². The minimum absolute atomic E-state index is 0.333. The Morgan fingerprint density at radius 1 is 1.26 bits per heavy atom. The summed E-state index contributed by atoms with van der Waals surface area (Å²) in [5, 5.41) is 6.49. The van der Waals surface area contributed by atoms with Gasteiger partial charge in [-0.1, -0.05) is 13.0 Å². The molecule has 0 aliphatic heterocycles. The van der Waals surface area contributed by atoms with Crippen LogP contribution in [0.1, 0.15) is 19.5 Å². The van der Waals surface area contributed by atoms with Crippen LogP contribution in [0.4, 0.5) is 5.95 Å². The van der Waals surface area contributed by atoms with Crippen molar-refractivity contribution in [2.75, 3.05) is 24.7 Å². The van der Waals surface area contributed by atoms with Gasteiger partial charge in [0.1, 0.15) is 5.82 Å². The summed E-state index contributed by atoms with van der Waals surface area (Å²) >= 11 is 1.62. The molecule has 0 saturated heterocycles. The second-order valence-electron chi connectivity index (χ2n) is 5.92. The van der Waals surface area contributed by atoms with Crippen molar-refractivity contribution in [3.63, 3.8) is 0 Å². The second-order valence-corrected chi connectivity index (χ2v) is 6.80. The van der Waals surface area contributed by atoms with Gasteiger partial charge in [-0.15, -0.1) is 11.8 Å². The number of hydrogen-bond acceptors (Lipinski definition) is 8. The summed E-state index contributed by atoms with van der Waals surface area (Å²) in [6, 6.07) is 5.73. The molecule has 8 heteroatoms. The number of nitrogens with one attached hydrogen (secondary N) is 2. The van der Waals surface area contributed by atoms with Gasteiger partial charge < -0.3 is 10.6 Å². The molecule has 0 aliphatic carbocycles. The van der Waals surface area contributed by atoms with Crippen LogP contribution >= 0.6 is 11.8 Å². The standard InChI is InChI=1S/C19H25N7S/c1-14(10-24-19-25-11-16(27-4)12-26-19)9-23-18(20-3)13-22-15(2)17-7-5-6-8-21-17/h5-8,11-14,23H,3,9-10H2,1-2,4H3,(H,24,25,26)/b18-13+,22-15+. The molecule has 0 radical (unpaired) electrons. The van der Waals surface area contributed by atoms with E-state index in [1.165, 1.54) is 0 Å². The van der Waals surface area contributed by atoms with Crippen LogP contribution in [-0.2, 0) is 0 Å². The molecule has 0 aliphatic rings. The van der Waals surface area contributed by atoms with Crippen molar-refractivity contribution in [3.05, 3.63) is 54.5 Å². The Labute approximate surface area is 164 Å².